The average molecular weight is 278 g/mol. The van der Waals surface area contributed by atoms with Crippen LogP contribution in [-0.2, 0) is 16.6 Å². The molecule has 2 aromatic rings. The maximum absolute atomic E-state index is 12.0. The lowest BCUT2D eigenvalue weighted by Crippen LogP contribution is -2.39. The third kappa shape index (κ3) is 3.77. The second-order valence-corrected chi connectivity index (χ2v) is 5.85. The fraction of sp³-hybridized carbons (Fsp3) is 0.154. The van der Waals surface area contributed by atoms with Crippen molar-refractivity contribution in [1.82, 2.24) is 4.72 Å². The Kier molecular flexibility index (Phi) is 4.13. The zero-order valence-electron chi connectivity index (χ0n) is 10.4. The monoisotopic (exact) mass is 278 g/mol. The third-order valence-corrected chi connectivity index (χ3v) is 4.07. The molecular weight excluding hydrogens is 262 g/mol. The second kappa shape index (κ2) is 5.81. The highest BCUT2D eigenvalue weighted by molar-refractivity contribution is 7.89. The number of nitrogens with one attached hydrogen (secondary N) is 1. The highest BCUT2D eigenvalue weighted by Crippen LogP contribution is 2.11. The second-order valence-electron chi connectivity index (χ2n) is 4.08. The molecule has 19 heavy (non-hydrogen) atoms. The van der Waals surface area contributed by atoms with Gasteiger partial charge in [-0.25, -0.2) is 17.7 Å². The van der Waals surface area contributed by atoms with Crippen LogP contribution < -0.4 is 15.0 Å². The van der Waals surface area contributed by atoms with E-state index in [1.165, 1.54) is 12.1 Å². The molecule has 0 radical (unpaired) electrons. The summed E-state index contributed by atoms with van der Waals surface area (Å²) < 4.78 is 28.4. The van der Waals surface area contributed by atoms with Crippen molar-refractivity contribution in [3.63, 3.8) is 0 Å². The number of aromatic nitrogens is 1. The van der Waals surface area contributed by atoms with E-state index in [1.807, 2.05) is 35.2 Å². The summed E-state index contributed by atoms with van der Waals surface area (Å²) in [5.41, 5.74) is 6.01. The minimum atomic E-state index is -3.50. The van der Waals surface area contributed by atoms with Crippen LogP contribution in [0.15, 0.2) is 59.8 Å². The van der Waals surface area contributed by atoms with Crippen LogP contribution in [0.5, 0.6) is 0 Å². The van der Waals surface area contributed by atoms with E-state index in [0.717, 1.165) is 0 Å². The molecule has 0 aliphatic rings. The van der Waals surface area contributed by atoms with E-state index in [0.29, 0.717) is 18.8 Å². The molecule has 0 aliphatic carbocycles. The Labute approximate surface area is 112 Å². The largest absolute Gasteiger partial charge is 0.399 e. The van der Waals surface area contributed by atoms with Crippen LogP contribution in [0.3, 0.4) is 0 Å². The Bertz CT molecular complexity index is 642. The minimum absolute atomic E-state index is 0.186. The fourth-order valence-corrected chi connectivity index (χ4v) is 2.73. The van der Waals surface area contributed by atoms with Gasteiger partial charge < -0.3 is 5.73 Å². The first-order valence-corrected chi connectivity index (χ1v) is 7.35. The normalized spacial score (nSPS) is 11.4. The number of sulfonamides is 1. The molecule has 100 valence electrons. The van der Waals surface area contributed by atoms with E-state index in [4.69, 9.17) is 5.73 Å². The van der Waals surface area contributed by atoms with Gasteiger partial charge in [-0.05, 0) is 18.2 Å². The zero-order valence-corrected chi connectivity index (χ0v) is 11.2. The number of hydrogen-bond acceptors (Lipinski definition) is 3. The van der Waals surface area contributed by atoms with E-state index >= 15 is 0 Å². The minimum Gasteiger partial charge on any atom is -0.399 e. The smallest absolute Gasteiger partial charge is 0.240 e. The Balaban J connectivity index is 1.99. The standard InChI is InChI=1S/C13H16N3O2S/c14-12-5-4-6-13(11-12)19(17,18)15-7-10-16-8-2-1-3-9-16/h1-6,8-9,11,15H,7,10,14H2/q+1. The lowest BCUT2D eigenvalue weighted by molar-refractivity contribution is -0.694. The number of pyridine rings is 1. The molecule has 1 aromatic carbocycles. The van der Waals surface area contributed by atoms with Gasteiger partial charge in [0.05, 0.1) is 11.4 Å². The summed E-state index contributed by atoms with van der Waals surface area (Å²) in [5, 5.41) is 0. The maximum Gasteiger partial charge on any atom is 0.240 e. The van der Waals surface area contributed by atoms with Crippen molar-refractivity contribution in [2.45, 2.75) is 11.4 Å². The van der Waals surface area contributed by atoms with Gasteiger partial charge in [-0.15, -0.1) is 0 Å². The lowest BCUT2D eigenvalue weighted by atomic mass is 10.3. The Hall–Kier alpha value is -1.92. The first-order chi connectivity index (χ1) is 9.08. The molecule has 0 saturated carbocycles. The van der Waals surface area contributed by atoms with E-state index in [2.05, 4.69) is 4.72 Å². The highest BCUT2D eigenvalue weighted by Gasteiger charge is 2.14. The molecule has 0 saturated heterocycles. The molecule has 2 rings (SSSR count). The van der Waals surface area contributed by atoms with Gasteiger partial charge in [0.1, 0.15) is 0 Å². The van der Waals surface area contributed by atoms with Crippen LogP contribution in [0.25, 0.3) is 0 Å². The summed E-state index contributed by atoms with van der Waals surface area (Å²) in [7, 11) is -3.50. The van der Waals surface area contributed by atoms with Crippen LogP contribution in [0.1, 0.15) is 0 Å². The van der Waals surface area contributed by atoms with Gasteiger partial charge >= 0.3 is 0 Å². The van der Waals surface area contributed by atoms with Gasteiger partial charge in [0, 0.05) is 17.8 Å². The molecule has 1 aromatic heterocycles. The van der Waals surface area contributed by atoms with E-state index in [1.54, 1.807) is 12.1 Å². The predicted octanol–water partition coefficient (Wildman–Crippen LogP) is 0.535. The molecule has 0 spiro atoms. The van der Waals surface area contributed by atoms with Crippen LogP contribution in [0.4, 0.5) is 5.69 Å². The van der Waals surface area contributed by atoms with Crippen molar-refractivity contribution >= 4 is 15.7 Å². The number of benzene rings is 1. The van der Waals surface area contributed by atoms with Crippen molar-refractivity contribution in [2.24, 2.45) is 0 Å². The predicted molar refractivity (Wildman–Crippen MR) is 72.7 cm³/mol. The van der Waals surface area contributed by atoms with Crippen molar-refractivity contribution in [3.05, 3.63) is 54.9 Å². The van der Waals surface area contributed by atoms with Gasteiger partial charge in [0.2, 0.25) is 10.0 Å². The summed E-state index contributed by atoms with van der Waals surface area (Å²) in [6.45, 7) is 0.897. The zero-order chi connectivity index (χ0) is 13.7. The number of anilines is 1. The molecule has 0 atom stereocenters. The molecule has 6 heteroatoms. The highest BCUT2D eigenvalue weighted by atomic mass is 32.2. The summed E-state index contributed by atoms with van der Waals surface area (Å²) >= 11 is 0. The first kappa shape index (κ1) is 13.5. The van der Waals surface area contributed by atoms with Crippen molar-refractivity contribution in [2.75, 3.05) is 12.3 Å². The lowest BCUT2D eigenvalue weighted by Gasteiger charge is -2.05. The summed E-state index contributed by atoms with van der Waals surface area (Å²) in [6, 6.07) is 11.9. The summed E-state index contributed by atoms with van der Waals surface area (Å²) in [5.74, 6) is 0. The summed E-state index contributed by atoms with van der Waals surface area (Å²) in [6.07, 6.45) is 3.77. The number of rotatable bonds is 5. The van der Waals surface area contributed by atoms with E-state index in [9.17, 15) is 8.42 Å². The fourth-order valence-electron chi connectivity index (χ4n) is 1.66. The molecule has 5 nitrogen and oxygen atoms in total. The topological polar surface area (TPSA) is 76.1 Å². The van der Waals surface area contributed by atoms with Crippen molar-refractivity contribution in [3.8, 4) is 0 Å². The summed E-state index contributed by atoms with van der Waals surface area (Å²) in [4.78, 5) is 0.186. The van der Waals surface area contributed by atoms with Crippen LogP contribution in [-0.4, -0.2) is 15.0 Å². The molecule has 3 N–H and O–H groups in total. The Morgan fingerprint density at radius 2 is 1.84 bits per heavy atom. The molecule has 0 amide bonds. The van der Waals surface area contributed by atoms with Gasteiger partial charge in [-0.3, -0.25) is 0 Å². The van der Waals surface area contributed by atoms with Gasteiger partial charge in [-0.2, -0.15) is 0 Å². The molecule has 0 fully saturated rings. The van der Waals surface area contributed by atoms with Gasteiger partial charge in [0.25, 0.3) is 0 Å². The molecule has 0 aliphatic heterocycles. The van der Waals surface area contributed by atoms with Gasteiger partial charge in [-0.1, -0.05) is 12.1 Å². The average Bonchev–Trinajstić information content (AvgIpc) is 2.40. The van der Waals surface area contributed by atoms with E-state index in [-0.39, 0.29) is 4.90 Å². The quantitative estimate of drug-likeness (QED) is 0.619. The molecule has 0 unspecified atom stereocenters. The van der Waals surface area contributed by atoms with Gasteiger partial charge in [0.15, 0.2) is 18.9 Å². The van der Waals surface area contributed by atoms with Crippen molar-refractivity contribution in [1.29, 1.82) is 0 Å². The van der Waals surface area contributed by atoms with Crippen LogP contribution >= 0.6 is 0 Å². The maximum atomic E-state index is 12.0. The number of nitrogens with two attached hydrogens (primary N) is 1. The van der Waals surface area contributed by atoms with Crippen LogP contribution in [0.2, 0.25) is 0 Å². The van der Waals surface area contributed by atoms with E-state index < -0.39 is 10.0 Å². The number of nitrogens with zero attached hydrogens (tertiary/aromatic N) is 1. The third-order valence-electron chi connectivity index (χ3n) is 2.61. The number of hydrogen-bond donors (Lipinski definition) is 2. The Morgan fingerprint density at radius 1 is 1.11 bits per heavy atom. The molecule has 1 heterocycles. The van der Waals surface area contributed by atoms with Crippen LogP contribution in [0, 0.1) is 0 Å². The molecule has 0 bridgehead atoms. The van der Waals surface area contributed by atoms with Crippen molar-refractivity contribution < 1.29 is 13.0 Å². The number of nitrogen functional groups attached to an aromatic ring is 1. The SMILES string of the molecule is Nc1cccc(S(=O)(=O)NCC[n+]2ccccc2)c1. The Morgan fingerprint density at radius 3 is 2.53 bits per heavy atom. The first-order valence-electron chi connectivity index (χ1n) is 5.87. The molecular formula is C13H16N3O2S+.